The number of sulfonamides is 1. The van der Waals surface area contributed by atoms with Crippen molar-refractivity contribution in [2.24, 2.45) is 5.73 Å². The quantitative estimate of drug-likeness (QED) is 0.676. The SMILES string of the molecule is CC(N)CCNC(=O)c1cccc(S(=O)(=O)NC2CCCC2)c1.Cl. The van der Waals surface area contributed by atoms with Crippen LogP contribution in [0.25, 0.3) is 0 Å². The van der Waals surface area contributed by atoms with E-state index in [0.29, 0.717) is 18.5 Å². The van der Waals surface area contributed by atoms with Crippen LogP contribution in [-0.4, -0.2) is 33.0 Å². The highest BCUT2D eigenvalue weighted by molar-refractivity contribution is 7.89. The van der Waals surface area contributed by atoms with Gasteiger partial charge in [0.05, 0.1) is 4.90 Å². The number of amides is 1. The van der Waals surface area contributed by atoms with Crippen LogP contribution in [0.3, 0.4) is 0 Å². The first-order chi connectivity index (χ1) is 10.9. The average molecular weight is 376 g/mol. The lowest BCUT2D eigenvalue weighted by Gasteiger charge is -2.13. The molecule has 1 aliphatic carbocycles. The van der Waals surface area contributed by atoms with E-state index in [4.69, 9.17) is 5.73 Å². The van der Waals surface area contributed by atoms with Gasteiger partial charge in [-0.25, -0.2) is 13.1 Å². The molecule has 0 aromatic heterocycles. The van der Waals surface area contributed by atoms with Gasteiger partial charge in [-0.3, -0.25) is 4.79 Å². The fourth-order valence-electron chi connectivity index (χ4n) is 2.65. The van der Waals surface area contributed by atoms with Crippen molar-refractivity contribution < 1.29 is 13.2 Å². The van der Waals surface area contributed by atoms with Crippen LogP contribution in [0.15, 0.2) is 29.2 Å². The highest BCUT2D eigenvalue weighted by Gasteiger charge is 2.23. The van der Waals surface area contributed by atoms with Crippen LogP contribution in [0.4, 0.5) is 0 Å². The molecule has 0 aliphatic heterocycles. The van der Waals surface area contributed by atoms with E-state index in [-0.39, 0.29) is 35.3 Å². The molecular weight excluding hydrogens is 350 g/mol. The van der Waals surface area contributed by atoms with Crippen molar-refractivity contribution >= 4 is 28.3 Å². The monoisotopic (exact) mass is 375 g/mol. The predicted octanol–water partition coefficient (Wildman–Crippen LogP) is 1.80. The maximum Gasteiger partial charge on any atom is 0.251 e. The molecule has 1 aliphatic rings. The molecular formula is C16H26ClN3O3S. The molecule has 0 spiro atoms. The van der Waals surface area contributed by atoms with E-state index in [9.17, 15) is 13.2 Å². The van der Waals surface area contributed by atoms with Crippen LogP contribution >= 0.6 is 12.4 Å². The molecule has 0 saturated heterocycles. The third kappa shape index (κ3) is 6.05. The molecule has 1 aromatic carbocycles. The molecule has 1 saturated carbocycles. The number of nitrogens with two attached hydrogens (primary N) is 1. The van der Waals surface area contributed by atoms with Gasteiger partial charge < -0.3 is 11.1 Å². The number of carbonyl (C=O) groups excluding carboxylic acids is 1. The minimum absolute atomic E-state index is 0. The van der Waals surface area contributed by atoms with Crippen LogP contribution in [0.5, 0.6) is 0 Å². The zero-order valence-electron chi connectivity index (χ0n) is 13.8. The van der Waals surface area contributed by atoms with Gasteiger partial charge in [-0.1, -0.05) is 18.9 Å². The Kier molecular flexibility index (Phi) is 8.15. The average Bonchev–Trinajstić information content (AvgIpc) is 2.99. The number of hydrogen-bond acceptors (Lipinski definition) is 4. The van der Waals surface area contributed by atoms with Crippen LogP contribution in [0, 0.1) is 0 Å². The second-order valence-corrected chi connectivity index (χ2v) is 7.87. The number of nitrogens with one attached hydrogen (secondary N) is 2. The van der Waals surface area contributed by atoms with Crippen molar-refractivity contribution in [1.29, 1.82) is 0 Å². The molecule has 1 fully saturated rings. The molecule has 24 heavy (non-hydrogen) atoms. The Balaban J connectivity index is 0.00000288. The van der Waals surface area contributed by atoms with Crippen LogP contribution in [-0.2, 0) is 10.0 Å². The van der Waals surface area contributed by atoms with Gasteiger partial charge in [0.25, 0.3) is 5.91 Å². The van der Waals surface area contributed by atoms with Crippen molar-refractivity contribution in [3.63, 3.8) is 0 Å². The Labute approximate surface area is 150 Å². The number of rotatable bonds is 7. The van der Waals surface area contributed by atoms with E-state index in [2.05, 4.69) is 10.0 Å². The minimum atomic E-state index is -3.58. The maximum atomic E-state index is 12.4. The standard InChI is InChI=1S/C16H25N3O3S.ClH/c1-12(17)9-10-18-16(20)13-5-4-8-15(11-13)23(21,22)19-14-6-2-3-7-14;/h4-5,8,11-12,14,19H,2-3,6-7,9-10,17H2,1H3,(H,18,20);1H. The highest BCUT2D eigenvalue weighted by Crippen LogP contribution is 2.20. The van der Waals surface area contributed by atoms with E-state index in [1.165, 1.54) is 12.1 Å². The third-order valence-electron chi connectivity index (χ3n) is 3.97. The van der Waals surface area contributed by atoms with Gasteiger partial charge in [0.2, 0.25) is 10.0 Å². The van der Waals surface area contributed by atoms with Crippen molar-refractivity contribution in [2.75, 3.05) is 6.54 Å². The van der Waals surface area contributed by atoms with Crippen LogP contribution in [0.1, 0.15) is 49.4 Å². The molecule has 136 valence electrons. The molecule has 0 radical (unpaired) electrons. The normalized spacial score (nSPS) is 16.4. The van der Waals surface area contributed by atoms with Gasteiger partial charge in [-0.15, -0.1) is 12.4 Å². The summed E-state index contributed by atoms with van der Waals surface area (Å²) in [6.45, 7) is 2.34. The van der Waals surface area contributed by atoms with Crippen molar-refractivity contribution in [2.45, 2.75) is 56.0 Å². The Morgan fingerprint density at radius 2 is 2.00 bits per heavy atom. The zero-order valence-corrected chi connectivity index (χ0v) is 15.5. The molecule has 8 heteroatoms. The lowest BCUT2D eigenvalue weighted by Crippen LogP contribution is -2.33. The Bertz CT molecular complexity index is 644. The molecule has 1 atom stereocenters. The largest absolute Gasteiger partial charge is 0.352 e. The number of hydrogen-bond donors (Lipinski definition) is 3. The molecule has 0 bridgehead atoms. The summed E-state index contributed by atoms with van der Waals surface area (Å²) in [5.74, 6) is -0.288. The number of benzene rings is 1. The van der Waals surface area contributed by atoms with Gasteiger partial charge in [0.15, 0.2) is 0 Å². The van der Waals surface area contributed by atoms with Gasteiger partial charge in [-0.05, 0) is 44.4 Å². The molecule has 4 N–H and O–H groups in total. The summed E-state index contributed by atoms with van der Waals surface area (Å²) in [6.07, 6.45) is 4.52. The minimum Gasteiger partial charge on any atom is -0.352 e. The summed E-state index contributed by atoms with van der Waals surface area (Å²) >= 11 is 0. The van der Waals surface area contributed by atoms with Gasteiger partial charge in [0.1, 0.15) is 0 Å². The summed E-state index contributed by atoms with van der Waals surface area (Å²) in [5.41, 5.74) is 5.97. The van der Waals surface area contributed by atoms with Gasteiger partial charge >= 0.3 is 0 Å². The Morgan fingerprint density at radius 1 is 1.33 bits per heavy atom. The lowest BCUT2D eigenvalue weighted by atomic mass is 10.2. The van der Waals surface area contributed by atoms with Gasteiger partial charge in [0, 0.05) is 24.2 Å². The summed E-state index contributed by atoms with van der Waals surface area (Å²) in [5, 5.41) is 2.75. The molecule has 1 amide bonds. The smallest absolute Gasteiger partial charge is 0.251 e. The second kappa shape index (κ2) is 9.36. The summed E-state index contributed by atoms with van der Waals surface area (Å²) in [4.78, 5) is 12.2. The molecule has 1 aromatic rings. The van der Waals surface area contributed by atoms with Gasteiger partial charge in [-0.2, -0.15) is 0 Å². The number of carbonyl (C=O) groups is 1. The number of halogens is 1. The molecule has 2 rings (SSSR count). The first-order valence-corrected chi connectivity index (χ1v) is 9.53. The van der Waals surface area contributed by atoms with E-state index in [1.54, 1.807) is 12.1 Å². The first-order valence-electron chi connectivity index (χ1n) is 8.04. The maximum absolute atomic E-state index is 12.4. The Hall–Kier alpha value is -1.15. The molecule has 6 nitrogen and oxygen atoms in total. The lowest BCUT2D eigenvalue weighted by molar-refractivity contribution is 0.0952. The fraction of sp³-hybridized carbons (Fsp3) is 0.562. The fourth-order valence-corrected chi connectivity index (χ4v) is 4.00. The topological polar surface area (TPSA) is 101 Å². The molecule has 0 heterocycles. The second-order valence-electron chi connectivity index (χ2n) is 6.15. The summed E-state index contributed by atoms with van der Waals surface area (Å²) in [7, 11) is -3.58. The Morgan fingerprint density at radius 3 is 2.62 bits per heavy atom. The van der Waals surface area contributed by atoms with Crippen molar-refractivity contribution in [3.8, 4) is 0 Å². The van der Waals surface area contributed by atoms with Crippen molar-refractivity contribution in [3.05, 3.63) is 29.8 Å². The van der Waals surface area contributed by atoms with E-state index < -0.39 is 10.0 Å². The van der Waals surface area contributed by atoms with E-state index in [0.717, 1.165) is 25.7 Å². The summed E-state index contributed by atoms with van der Waals surface area (Å²) < 4.78 is 27.5. The zero-order chi connectivity index (χ0) is 16.9. The van der Waals surface area contributed by atoms with E-state index in [1.807, 2.05) is 6.92 Å². The predicted molar refractivity (Wildman–Crippen MR) is 96.9 cm³/mol. The first kappa shape index (κ1) is 20.9. The highest BCUT2D eigenvalue weighted by atomic mass is 35.5. The van der Waals surface area contributed by atoms with Crippen LogP contribution in [0.2, 0.25) is 0 Å². The van der Waals surface area contributed by atoms with Crippen LogP contribution < -0.4 is 15.8 Å². The van der Waals surface area contributed by atoms with Crippen molar-refractivity contribution in [1.82, 2.24) is 10.0 Å². The summed E-state index contributed by atoms with van der Waals surface area (Å²) in [6, 6.07) is 6.13. The third-order valence-corrected chi connectivity index (χ3v) is 5.49. The van der Waals surface area contributed by atoms with E-state index >= 15 is 0 Å². The molecule has 1 unspecified atom stereocenters.